The van der Waals surface area contributed by atoms with Crippen molar-refractivity contribution in [3.8, 4) is 0 Å². The zero-order valence-corrected chi connectivity index (χ0v) is 8.24. The largest absolute Gasteiger partial charge is 0.250 e. The fourth-order valence-corrected chi connectivity index (χ4v) is 1.30. The minimum atomic E-state index is -0.447. The van der Waals surface area contributed by atoms with Crippen molar-refractivity contribution in [3.05, 3.63) is 46.8 Å². The van der Waals surface area contributed by atoms with E-state index in [0.717, 1.165) is 11.1 Å². The number of halogens is 2. The van der Waals surface area contributed by atoms with E-state index in [-0.39, 0.29) is 0 Å². The van der Waals surface area contributed by atoms with Gasteiger partial charge in [0.25, 0.3) is 0 Å². The van der Waals surface area contributed by atoms with Crippen molar-refractivity contribution < 1.29 is 4.39 Å². The molecule has 0 nitrogen and oxygen atoms in total. The Labute approximate surface area is 83.0 Å². The van der Waals surface area contributed by atoms with Crippen LogP contribution in [0.4, 0.5) is 4.39 Å². The fraction of sp³-hybridized carbons (Fsp3) is 0.182. The monoisotopic (exact) mass is 197 g/mol. The molecule has 1 aromatic carbocycles. The van der Waals surface area contributed by atoms with Gasteiger partial charge in [0.1, 0.15) is 0 Å². The third-order valence-electron chi connectivity index (χ3n) is 1.85. The Morgan fingerprint density at radius 2 is 2.23 bits per heavy atom. The third kappa shape index (κ3) is 2.56. The Hall–Kier alpha value is -0.820. The Morgan fingerprint density at radius 1 is 1.54 bits per heavy atom. The zero-order chi connectivity index (χ0) is 9.84. The number of hydrogen-bond acceptors (Lipinski definition) is 0. The molecule has 0 spiro atoms. The van der Waals surface area contributed by atoms with E-state index in [2.05, 4.69) is 6.58 Å². The molecule has 0 bridgehead atoms. The molecule has 0 N–H and O–H groups in total. The van der Waals surface area contributed by atoms with Gasteiger partial charge < -0.3 is 0 Å². The van der Waals surface area contributed by atoms with Crippen LogP contribution in [0.3, 0.4) is 0 Å². The summed E-state index contributed by atoms with van der Waals surface area (Å²) < 4.78 is 12.3. The molecule has 0 amide bonds. The van der Waals surface area contributed by atoms with Gasteiger partial charge in [-0.3, -0.25) is 4.39 Å². The van der Waals surface area contributed by atoms with Gasteiger partial charge in [-0.15, -0.1) is 0 Å². The molecule has 13 heavy (non-hydrogen) atoms. The predicted octanol–water partition coefficient (Wildman–Crippen LogP) is 3.89. The molecule has 0 aliphatic carbocycles. The quantitative estimate of drug-likeness (QED) is 0.690. The van der Waals surface area contributed by atoms with Crippen molar-refractivity contribution in [2.24, 2.45) is 0 Å². The van der Waals surface area contributed by atoms with E-state index < -0.39 is 6.67 Å². The van der Waals surface area contributed by atoms with Gasteiger partial charge in [-0.05, 0) is 23.3 Å². The molecule has 0 unspecified atom stereocenters. The highest BCUT2D eigenvalue weighted by molar-refractivity contribution is 6.30. The van der Waals surface area contributed by atoms with Crippen LogP contribution >= 0.6 is 11.6 Å². The van der Waals surface area contributed by atoms with Gasteiger partial charge in [0.15, 0.2) is 0 Å². The first-order valence-electron chi connectivity index (χ1n) is 3.99. The molecule has 1 radical (unpaired) electrons. The lowest BCUT2D eigenvalue weighted by Crippen LogP contribution is -1.96. The molecule has 69 valence electrons. The number of hydrogen-bond donors (Lipinski definition) is 0. The van der Waals surface area contributed by atoms with Crippen LogP contribution in [0.25, 0.3) is 6.08 Å². The first-order valence-corrected chi connectivity index (χ1v) is 4.37. The van der Waals surface area contributed by atoms with Crippen molar-refractivity contribution in [1.29, 1.82) is 0 Å². The van der Waals surface area contributed by atoms with Gasteiger partial charge in [-0.2, -0.15) is 0 Å². The second-order valence-corrected chi connectivity index (χ2v) is 3.33. The second-order valence-electron chi connectivity index (χ2n) is 2.89. The first kappa shape index (κ1) is 10.3. The maximum atomic E-state index is 12.3. The van der Waals surface area contributed by atoms with E-state index in [1.165, 1.54) is 0 Å². The summed E-state index contributed by atoms with van der Waals surface area (Å²) in [5, 5.41) is 0.611. The average Bonchev–Trinajstić information content (AvgIpc) is 2.15. The zero-order valence-electron chi connectivity index (χ0n) is 7.48. The molecular weight excluding hydrogens is 187 g/mol. The van der Waals surface area contributed by atoms with Gasteiger partial charge in [0.05, 0.1) is 6.67 Å². The Kier molecular flexibility index (Phi) is 3.49. The number of alkyl halides is 1. The van der Waals surface area contributed by atoms with E-state index >= 15 is 0 Å². The van der Waals surface area contributed by atoms with Crippen LogP contribution in [0.15, 0.2) is 24.8 Å². The summed E-state index contributed by atoms with van der Waals surface area (Å²) >= 11 is 5.85. The molecule has 0 saturated heterocycles. The van der Waals surface area contributed by atoms with Crippen LogP contribution in [0.2, 0.25) is 5.02 Å². The molecule has 1 aromatic rings. The molecule has 0 heterocycles. The van der Waals surface area contributed by atoms with Crippen LogP contribution in [0.1, 0.15) is 18.1 Å². The third-order valence-corrected chi connectivity index (χ3v) is 2.07. The normalized spacial score (nSPS) is 10.5. The van der Waals surface area contributed by atoms with Gasteiger partial charge in [-0.25, -0.2) is 0 Å². The SMILES string of the molecule is C=Cc1cc(Cl)cc([C](C)CF)c1. The minimum Gasteiger partial charge on any atom is -0.250 e. The lowest BCUT2D eigenvalue weighted by Gasteiger charge is -2.07. The van der Waals surface area contributed by atoms with Gasteiger partial charge >= 0.3 is 0 Å². The number of benzene rings is 1. The van der Waals surface area contributed by atoms with Crippen LogP contribution in [0, 0.1) is 5.92 Å². The lowest BCUT2D eigenvalue weighted by molar-refractivity contribution is 0.516. The highest BCUT2D eigenvalue weighted by atomic mass is 35.5. The first-order chi connectivity index (χ1) is 6.17. The van der Waals surface area contributed by atoms with Crippen molar-refractivity contribution in [2.75, 3.05) is 6.67 Å². The Balaban J connectivity index is 3.07. The standard InChI is InChI=1S/C11H11ClF/c1-3-9-4-10(8(2)7-13)6-11(12)5-9/h3-6H,1,7H2,2H3. The van der Waals surface area contributed by atoms with Gasteiger partial charge in [-0.1, -0.05) is 37.2 Å². The van der Waals surface area contributed by atoms with E-state index in [9.17, 15) is 4.39 Å². The summed E-state index contributed by atoms with van der Waals surface area (Å²) in [5.74, 6) is 0.686. The van der Waals surface area contributed by atoms with Crippen LogP contribution in [0.5, 0.6) is 0 Å². The molecule has 0 saturated carbocycles. The molecule has 0 fully saturated rings. The summed E-state index contributed by atoms with van der Waals surface area (Å²) in [6.45, 7) is 4.94. The smallest absolute Gasteiger partial charge is 0.0997 e. The summed E-state index contributed by atoms with van der Waals surface area (Å²) in [6.07, 6.45) is 1.70. The Morgan fingerprint density at radius 3 is 2.77 bits per heavy atom. The van der Waals surface area contributed by atoms with E-state index in [0.29, 0.717) is 10.9 Å². The average molecular weight is 198 g/mol. The summed E-state index contributed by atoms with van der Waals surface area (Å²) in [5.41, 5.74) is 1.75. The molecular formula is C11H11ClF. The summed E-state index contributed by atoms with van der Waals surface area (Å²) in [6, 6.07) is 5.42. The minimum absolute atomic E-state index is 0.447. The van der Waals surface area contributed by atoms with E-state index in [4.69, 9.17) is 11.6 Å². The van der Waals surface area contributed by atoms with Crippen molar-refractivity contribution in [2.45, 2.75) is 6.92 Å². The van der Waals surface area contributed by atoms with Crippen molar-refractivity contribution >= 4 is 17.7 Å². The van der Waals surface area contributed by atoms with E-state index in [1.54, 1.807) is 25.1 Å². The topological polar surface area (TPSA) is 0 Å². The predicted molar refractivity (Wildman–Crippen MR) is 55.5 cm³/mol. The van der Waals surface area contributed by atoms with Crippen LogP contribution in [-0.4, -0.2) is 6.67 Å². The maximum Gasteiger partial charge on any atom is 0.0997 e. The summed E-state index contributed by atoms with van der Waals surface area (Å²) in [7, 11) is 0. The van der Waals surface area contributed by atoms with Crippen LogP contribution < -0.4 is 0 Å². The lowest BCUT2D eigenvalue weighted by atomic mass is 10.0. The van der Waals surface area contributed by atoms with Crippen molar-refractivity contribution in [1.82, 2.24) is 0 Å². The highest BCUT2D eigenvalue weighted by Gasteiger charge is 2.06. The fourth-order valence-electron chi connectivity index (χ4n) is 1.05. The van der Waals surface area contributed by atoms with Crippen molar-refractivity contribution in [3.63, 3.8) is 0 Å². The molecule has 1 rings (SSSR count). The molecule has 0 atom stereocenters. The van der Waals surface area contributed by atoms with Gasteiger partial charge in [0, 0.05) is 10.9 Å². The summed E-state index contributed by atoms with van der Waals surface area (Å²) in [4.78, 5) is 0. The molecule has 0 aliphatic heterocycles. The van der Waals surface area contributed by atoms with Crippen LogP contribution in [-0.2, 0) is 0 Å². The second kappa shape index (κ2) is 4.43. The van der Waals surface area contributed by atoms with E-state index in [1.807, 2.05) is 6.07 Å². The highest BCUT2D eigenvalue weighted by Crippen LogP contribution is 2.22. The maximum absolute atomic E-state index is 12.3. The molecule has 0 aliphatic rings. The molecule has 2 heteroatoms. The Bertz CT molecular complexity index is 307. The number of rotatable bonds is 3. The molecule has 0 aromatic heterocycles. The van der Waals surface area contributed by atoms with Gasteiger partial charge in [0.2, 0.25) is 0 Å².